The van der Waals surface area contributed by atoms with Crippen LogP contribution < -0.4 is 15.4 Å². The third-order valence-corrected chi connectivity index (χ3v) is 6.34. The molecule has 4 aromatic rings. The second-order valence-corrected chi connectivity index (χ2v) is 10.9. The van der Waals surface area contributed by atoms with E-state index in [0.29, 0.717) is 28.5 Å². The van der Waals surface area contributed by atoms with Crippen molar-refractivity contribution in [2.45, 2.75) is 52.1 Å². The number of pyridine rings is 1. The standard InChI is InChI=1S/C31H34FN5O5/c1-19-14-24(12-13-33-19)42-23-9-10-26(25(32)16-23)34-30(41)35-29-17-28(31(2,3)4)36-37(29)21-7-5-6-20(15-21)27(40)11-8-22(39)18-38/h5-7,9-10,12-17,22,38-39H,8,11,18H2,1-4H3,(H2,34,35,41). The Morgan fingerprint density at radius 3 is 2.50 bits per heavy atom. The van der Waals surface area contributed by atoms with Crippen LogP contribution in [0.2, 0.25) is 0 Å². The molecular weight excluding hydrogens is 541 g/mol. The molecule has 1 unspecified atom stereocenters. The van der Waals surface area contributed by atoms with Crippen LogP contribution in [0, 0.1) is 12.7 Å². The lowest BCUT2D eigenvalue weighted by Crippen LogP contribution is -2.22. The van der Waals surface area contributed by atoms with Gasteiger partial charge in [-0.25, -0.2) is 13.9 Å². The van der Waals surface area contributed by atoms with Gasteiger partial charge in [-0.05, 0) is 43.7 Å². The minimum absolute atomic E-state index is 0.0504. The maximum atomic E-state index is 14.9. The summed E-state index contributed by atoms with van der Waals surface area (Å²) in [6.45, 7) is 7.33. The topological polar surface area (TPSA) is 139 Å². The fraction of sp³-hybridized carbons (Fsp3) is 0.290. The van der Waals surface area contributed by atoms with Crippen molar-refractivity contribution in [3.8, 4) is 17.2 Å². The summed E-state index contributed by atoms with van der Waals surface area (Å²) in [4.78, 5) is 29.8. The summed E-state index contributed by atoms with van der Waals surface area (Å²) in [6.07, 6.45) is 0.819. The predicted octanol–water partition coefficient (Wildman–Crippen LogP) is 5.76. The van der Waals surface area contributed by atoms with E-state index < -0.39 is 24.6 Å². The first kappa shape index (κ1) is 30.4. The molecule has 2 amide bonds. The molecule has 0 bridgehead atoms. The molecular formula is C31H34FN5O5. The number of aliphatic hydroxyl groups excluding tert-OH is 2. The summed E-state index contributed by atoms with van der Waals surface area (Å²) in [5.41, 5.74) is 1.94. The highest BCUT2D eigenvalue weighted by atomic mass is 19.1. The van der Waals surface area contributed by atoms with Crippen molar-refractivity contribution in [1.29, 1.82) is 0 Å². The smallest absolute Gasteiger partial charge is 0.324 e. The van der Waals surface area contributed by atoms with Gasteiger partial charge in [-0.1, -0.05) is 32.9 Å². The van der Waals surface area contributed by atoms with Crippen molar-refractivity contribution < 1.29 is 28.9 Å². The molecule has 2 aromatic heterocycles. The van der Waals surface area contributed by atoms with Gasteiger partial charge in [0.25, 0.3) is 0 Å². The molecule has 2 heterocycles. The number of nitrogens with one attached hydrogen (secondary N) is 2. The fourth-order valence-corrected chi connectivity index (χ4v) is 4.03. The van der Waals surface area contributed by atoms with Crippen LogP contribution in [-0.2, 0) is 5.41 Å². The van der Waals surface area contributed by atoms with E-state index in [1.807, 2.05) is 27.7 Å². The summed E-state index contributed by atoms with van der Waals surface area (Å²) in [7, 11) is 0. The molecule has 0 fully saturated rings. The Balaban J connectivity index is 1.53. The number of carbonyl (C=O) groups is 2. The van der Waals surface area contributed by atoms with Gasteiger partial charge in [-0.15, -0.1) is 0 Å². The average molecular weight is 576 g/mol. The normalized spacial score (nSPS) is 12.1. The van der Waals surface area contributed by atoms with Gasteiger partial charge in [0.1, 0.15) is 23.1 Å². The molecule has 0 aliphatic rings. The second-order valence-electron chi connectivity index (χ2n) is 10.9. The first-order chi connectivity index (χ1) is 19.9. The zero-order chi connectivity index (χ0) is 30.4. The van der Waals surface area contributed by atoms with Gasteiger partial charge in [-0.2, -0.15) is 5.10 Å². The minimum Gasteiger partial charge on any atom is -0.457 e. The summed E-state index contributed by atoms with van der Waals surface area (Å²) in [5.74, 6) is 0.191. The van der Waals surface area contributed by atoms with Crippen molar-refractivity contribution >= 4 is 23.3 Å². The number of ether oxygens (including phenoxy) is 1. The number of carbonyl (C=O) groups excluding carboxylic acids is 2. The van der Waals surface area contributed by atoms with Crippen LogP contribution in [0.5, 0.6) is 11.5 Å². The molecule has 10 nitrogen and oxygen atoms in total. The number of hydrogen-bond donors (Lipinski definition) is 4. The van der Waals surface area contributed by atoms with Gasteiger partial charge in [0.05, 0.1) is 29.8 Å². The molecule has 0 aliphatic heterocycles. The summed E-state index contributed by atoms with van der Waals surface area (Å²) in [5, 5.41) is 28.5. The van der Waals surface area contributed by atoms with Crippen LogP contribution in [0.25, 0.3) is 5.69 Å². The molecule has 11 heteroatoms. The Hall–Kier alpha value is -4.61. The molecule has 0 aliphatic carbocycles. The van der Waals surface area contributed by atoms with E-state index in [1.165, 1.54) is 16.8 Å². The molecule has 2 aromatic carbocycles. The zero-order valence-corrected chi connectivity index (χ0v) is 23.9. The van der Waals surface area contributed by atoms with Crippen LogP contribution in [-0.4, -0.2) is 49.5 Å². The van der Waals surface area contributed by atoms with Gasteiger partial charge in [-0.3, -0.25) is 15.1 Å². The largest absolute Gasteiger partial charge is 0.457 e. The van der Waals surface area contributed by atoms with Crippen molar-refractivity contribution in [3.63, 3.8) is 0 Å². The predicted molar refractivity (Wildman–Crippen MR) is 157 cm³/mol. The number of aromatic nitrogens is 3. The van der Waals surface area contributed by atoms with Gasteiger partial charge < -0.3 is 20.3 Å². The number of urea groups is 1. The number of nitrogens with zero attached hydrogens (tertiary/aromatic N) is 3. The Morgan fingerprint density at radius 1 is 1.05 bits per heavy atom. The Kier molecular flexibility index (Phi) is 9.34. The number of anilines is 2. The molecule has 42 heavy (non-hydrogen) atoms. The summed E-state index contributed by atoms with van der Waals surface area (Å²) < 4.78 is 22.1. The van der Waals surface area contributed by atoms with Gasteiger partial charge in [0, 0.05) is 47.5 Å². The van der Waals surface area contributed by atoms with E-state index in [-0.39, 0.29) is 35.5 Å². The number of amides is 2. The number of rotatable bonds is 10. The van der Waals surface area contributed by atoms with Crippen LogP contribution in [0.3, 0.4) is 0 Å². The molecule has 1 atom stereocenters. The lowest BCUT2D eigenvalue weighted by molar-refractivity contribution is 0.0779. The van der Waals surface area contributed by atoms with Crippen molar-refractivity contribution in [2.24, 2.45) is 0 Å². The SMILES string of the molecule is Cc1cc(Oc2ccc(NC(=O)Nc3cc(C(C)(C)C)nn3-c3cccc(C(=O)CCC(O)CO)c3)c(F)c2)ccn1. The second kappa shape index (κ2) is 12.9. The van der Waals surface area contributed by atoms with Gasteiger partial charge in [0.2, 0.25) is 0 Å². The number of Topliss-reactive ketones (excluding diaryl/α,β-unsaturated/α-hetero) is 1. The zero-order valence-electron chi connectivity index (χ0n) is 23.9. The third-order valence-electron chi connectivity index (χ3n) is 6.34. The number of ketones is 1. The van der Waals surface area contributed by atoms with Gasteiger partial charge in [0.15, 0.2) is 5.78 Å². The van der Waals surface area contributed by atoms with Crippen LogP contribution >= 0.6 is 0 Å². The van der Waals surface area contributed by atoms with Crippen molar-refractivity contribution in [3.05, 3.63) is 89.6 Å². The molecule has 220 valence electrons. The molecule has 0 saturated carbocycles. The Bertz CT molecular complexity index is 1580. The highest BCUT2D eigenvalue weighted by Gasteiger charge is 2.22. The van der Waals surface area contributed by atoms with Crippen molar-refractivity contribution in [1.82, 2.24) is 14.8 Å². The Morgan fingerprint density at radius 2 is 1.81 bits per heavy atom. The van der Waals surface area contributed by atoms with Crippen LogP contribution in [0.1, 0.15) is 55.4 Å². The van der Waals surface area contributed by atoms with E-state index in [2.05, 4.69) is 20.7 Å². The minimum atomic E-state index is -0.967. The van der Waals surface area contributed by atoms with E-state index in [0.717, 1.165) is 5.69 Å². The van der Waals surface area contributed by atoms with E-state index in [4.69, 9.17) is 9.84 Å². The number of aliphatic hydroxyl groups is 2. The molecule has 0 spiro atoms. The van der Waals surface area contributed by atoms with Crippen molar-refractivity contribution in [2.75, 3.05) is 17.2 Å². The summed E-state index contributed by atoms with van der Waals surface area (Å²) in [6, 6.07) is 15.2. The first-order valence-electron chi connectivity index (χ1n) is 13.4. The van der Waals surface area contributed by atoms with Gasteiger partial charge >= 0.3 is 6.03 Å². The lowest BCUT2D eigenvalue weighted by Gasteiger charge is -2.14. The molecule has 4 rings (SSSR count). The Labute approximate surface area is 243 Å². The maximum absolute atomic E-state index is 14.9. The highest BCUT2D eigenvalue weighted by molar-refractivity contribution is 6.00. The average Bonchev–Trinajstić information content (AvgIpc) is 3.37. The first-order valence-corrected chi connectivity index (χ1v) is 13.4. The maximum Gasteiger partial charge on any atom is 0.324 e. The number of halogens is 1. The fourth-order valence-electron chi connectivity index (χ4n) is 4.03. The van der Waals surface area contributed by atoms with E-state index >= 15 is 0 Å². The number of hydrogen-bond acceptors (Lipinski definition) is 7. The van der Waals surface area contributed by atoms with Crippen LogP contribution in [0.4, 0.5) is 20.7 Å². The summed E-state index contributed by atoms with van der Waals surface area (Å²) >= 11 is 0. The third kappa shape index (κ3) is 7.77. The lowest BCUT2D eigenvalue weighted by atomic mass is 9.92. The molecule has 4 N–H and O–H groups in total. The van der Waals surface area contributed by atoms with E-state index in [1.54, 1.807) is 54.7 Å². The molecule has 0 saturated heterocycles. The number of benzene rings is 2. The highest BCUT2D eigenvalue weighted by Crippen LogP contribution is 2.28. The number of aryl methyl sites for hydroxylation is 1. The van der Waals surface area contributed by atoms with E-state index in [9.17, 15) is 19.1 Å². The molecule has 0 radical (unpaired) electrons. The van der Waals surface area contributed by atoms with Crippen LogP contribution in [0.15, 0.2) is 66.9 Å². The monoisotopic (exact) mass is 575 g/mol. The quantitative estimate of drug-likeness (QED) is 0.176.